The standard InChI is InChI=1S/C15H17ClN6OS/c1-3-21(14(23)6-8-24(2)19-11-17)13-10-22(20-15(13)16)12-5-4-7-18-9-12/h4-5,7,9-10H,3,6,8H2,1-2H3. The van der Waals surface area contributed by atoms with Crippen LogP contribution in [-0.4, -0.2) is 39.2 Å². The highest BCUT2D eigenvalue weighted by Crippen LogP contribution is 2.26. The van der Waals surface area contributed by atoms with Gasteiger partial charge in [0, 0.05) is 24.9 Å². The molecule has 1 amide bonds. The van der Waals surface area contributed by atoms with Crippen LogP contribution in [0.2, 0.25) is 5.15 Å². The number of carbonyl (C=O) groups excluding carboxylic acids is 1. The molecule has 2 aromatic rings. The average Bonchev–Trinajstić information content (AvgIpc) is 2.96. The molecule has 0 radical (unpaired) electrons. The minimum Gasteiger partial charge on any atom is -0.308 e. The molecule has 7 nitrogen and oxygen atoms in total. The van der Waals surface area contributed by atoms with E-state index in [1.165, 1.54) is 0 Å². The molecule has 0 aliphatic carbocycles. The molecule has 126 valence electrons. The summed E-state index contributed by atoms with van der Waals surface area (Å²) in [4.78, 5) is 18.1. The molecule has 0 spiro atoms. The predicted octanol–water partition coefficient (Wildman–Crippen LogP) is 2.58. The van der Waals surface area contributed by atoms with Gasteiger partial charge in [-0.3, -0.25) is 9.78 Å². The molecular formula is C15H17ClN6OS. The molecule has 2 heterocycles. The third-order valence-corrected chi connectivity index (χ3v) is 4.74. The van der Waals surface area contributed by atoms with Crippen LogP contribution in [0.25, 0.3) is 5.69 Å². The lowest BCUT2D eigenvalue weighted by Crippen LogP contribution is -2.31. The van der Waals surface area contributed by atoms with Crippen LogP contribution in [-0.2, 0) is 15.5 Å². The van der Waals surface area contributed by atoms with Gasteiger partial charge in [-0.25, -0.2) is 4.68 Å². The summed E-state index contributed by atoms with van der Waals surface area (Å²) in [6.07, 6.45) is 8.95. The zero-order valence-electron chi connectivity index (χ0n) is 13.4. The van der Waals surface area contributed by atoms with Crippen LogP contribution in [0.5, 0.6) is 0 Å². The summed E-state index contributed by atoms with van der Waals surface area (Å²) in [7, 11) is -0.441. The summed E-state index contributed by atoms with van der Waals surface area (Å²) in [6.45, 7) is 2.35. The molecule has 0 aromatic carbocycles. The first-order valence-corrected chi connectivity index (χ1v) is 9.39. The predicted molar refractivity (Wildman–Crippen MR) is 95.2 cm³/mol. The van der Waals surface area contributed by atoms with E-state index in [0.717, 1.165) is 5.69 Å². The molecule has 0 saturated heterocycles. The van der Waals surface area contributed by atoms with Gasteiger partial charge in [-0.15, -0.1) is 0 Å². The van der Waals surface area contributed by atoms with Gasteiger partial charge in [0.05, 0.1) is 18.1 Å². The van der Waals surface area contributed by atoms with Crippen molar-refractivity contribution in [3.05, 3.63) is 35.9 Å². The van der Waals surface area contributed by atoms with E-state index in [-0.39, 0.29) is 11.1 Å². The Balaban J connectivity index is 2.19. The lowest BCUT2D eigenvalue weighted by Gasteiger charge is -2.19. The van der Waals surface area contributed by atoms with Crippen molar-refractivity contribution in [2.75, 3.05) is 23.5 Å². The number of nitriles is 1. The van der Waals surface area contributed by atoms with Crippen molar-refractivity contribution in [1.29, 1.82) is 5.26 Å². The number of pyridine rings is 1. The quantitative estimate of drug-likeness (QED) is 0.737. The summed E-state index contributed by atoms with van der Waals surface area (Å²) < 4.78 is 5.32. The van der Waals surface area contributed by atoms with Gasteiger partial charge in [-0.2, -0.15) is 14.7 Å². The molecule has 9 heteroatoms. The van der Waals surface area contributed by atoms with Gasteiger partial charge in [0.1, 0.15) is 5.69 Å². The van der Waals surface area contributed by atoms with E-state index in [1.807, 2.05) is 19.2 Å². The zero-order chi connectivity index (χ0) is 17.5. The lowest BCUT2D eigenvalue weighted by atomic mass is 10.3. The summed E-state index contributed by atoms with van der Waals surface area (Å²) in [5.41, 5.74) is 1.32. The number of nitrogens with zero attached hydrogens (tertiary/aromatic N) is 6. The molecule has 1 atom stereocenters. The number of amides is 1. The van der Waals surface area contributed by atoms with E-state index in [1.54, 1.807) is 40.4 Å². The van der Waals surface area contributed by atoms with E-state index in [4.69, 9.17) is 16.9 Å². The van der Waals surface area contributed by atoms with Crippen molar-refractivity contribution in [3.63, 3.8) is 0 Å². The summed E-state index contributed by atoms with van der Waals surface area (Å²) in [5.74, 6) is 0.467. The summed E-state index contributed by atoms with van der Waals surface area (Å²) >= 11 is 6.22. The Labute approximate surface area is 148 Å². The maximum absolute atomic E-state index is 12.5. The van der Waals surface area contributed by atoms with Gasteiger partial charge in [0.25, 0.3) is 0 Å². The molecule has 0 N–H and O–H groups in total. The van der Waals surface area contributed by atoms with Crippen LogP contribution in [0.4, 0.5) is 5.69 Å². The molecule has 0 saturated carbocycles. The smallest absolute Gasteiger partial charge is 0.227 e. The Hall–Kier alpha value is -2.24. The van der Waals surface area contributed by atoms with Gasteiger partial charge >= 0.3 is 0 Å². The lowest BCUT2D eigenvalue weighted by molar-refractivity contribution is -0.118. The molecule has 2 rings (SSSR count). The third kappa shape index (κ3) is 4.40. The van der Waals surface area contributed by atoms with Gasteiger partial charge in [-0.05, 0) is 25.3 Å². The Bertz CT molecular complexity index is 783. The average molecular weight is 365 g/mol. The Morgan fingerprint density at radius 3 is 3.00 bits per heavy atom. The van der Waals surface area contributed by atoms with Gasteiger partial charge in [0.15, 0.2) is 5.15 Å². The highest BCUT2D eigenvalue weighted by atomic mass is 35.5. The fraction of sp³-hybridized carbons (Fsp3) is 0.333. The van der Waals surface area contributed by atoms with E-state index in [9.17, 15) is 4.79 Å². The maximum Gasteiger partial charge on any atom is 0.227 e. The second-order valence-corrected chi connectivity index (χ2v) is 6.99. The minimum atomic E-state index is -0.441. The van der Waals surface area contributed by atoms with Crippen LogP contribution in [0.1, 0.15) is 13.3 Å². The second kappa shape index (κ2) is 8.57. The monoisotopic (exact) mass is 364 g/mol. The Morgan fingerprint density at radius 1 is 1.58 bits per heavy atom. The van der Waals surface area contributed by atoms with Crippen LogP contribution in [0, 0.1) is 11.5 Å². The van der Waals surface area contributed by atoms with Crippen molar-refractivity contribution >= 4 is 33.9 Å². The fourth-order valence-electron chi connectivity index (χ4n) is 2.11. The summed E-state index contributed by atoms with van der Waals surface area (Å²) in [5, 5.41) is 13.0. The number of carbonyl (C=O) groups is 1. The number of anilines is 1. The summed E-state index contributed by atoms with van der Waals surface area (Å²) in [6, 6.07) is 3.65. The zero-order valence-corrected chi connectivity index (χ0v) is 15.0. The maximum atomic E-state index is 12.5. The van der Waals surface area contributed by atoms with Crippen molar-refractivity contribution < 1.29 is 4.79 Å². The van der Waals surface area contributed by atoms with Gasteiger partial charge in [0.2, 0.25) is 12.1 Å². The first-order chi connectivity index (χ1) is 11.6. The van der Waals surface area contributed by atoms with Crippen molar-refractivity contribution in [2.45, 2.75) is 13.3 Å². The molecule has 24 heavy (non-hydrogen) atoms. The van der Waals surface area contributed by atoms with Crippen LogP contribution < -0.4 is 4.90 Å². The first-order valence-electron chi connectivity index (χ1n) is 7.25. The molecule has 0 bridgehead atoms. The minimum absolute atomic E-state index is 0.0716. The topological polar surface area (TPSA) is 87.2 Å². The number of hydrogen-bond acceptors (Lipinski definition) is 5. The SMILES string of the molecule is CCN(C(=O)CC/S(C)=N\C#N)c1cn(-c2cccnc2)nc1Cl. The van der Waals surface area contributed by atoms with Crippen molar-refractivity contribution in [1.82, 2.24) is 14.8 Å². The first kappa shape index (κ1) is 18.1. The number of rotatable bonds is 6. The molecule has 1 unspecified atom stereocenters. The number of hydrogen-bond donors (Lipinski definition) is 0. The molecule has 0 fully saturated rings. The largest absolute Gasteiger partial charge is 0.308 e. The van der Waals surface area contributed by atoms with E-state index in [2.05, 4.69) is 14.4 Å². The molecule has 0 aliphatic heterocycles. The highest BCUT2D eigenvalue weighted by Gasteiger charge is 2.20. The van der Waals surface area contributed by atoms with E-state index < -0.39 is 10.7 Å². The molecule has 2 aromatic heterocycles. The van der Waals surface area contributed by atoms with E-state index in [0.29, 0.717) is 24.4 Å². The fourth-order valence-corrected chi connectivity index (χ4v) is 3.05. The van der Waals surface area contributed by atoms with Crippen LogP contribution in [0.15, 0.2) is 35.1 Å². The van der Waals surface area contributed by atoms with Crippen LogP contribution >= 0.6 is 11.6 Å². The normalized spacial score (nSPS) is 11.9. The molecule has 0 aliphatic rings. The Morgan fingerprint density at radius 2 is 2.38 bits per heavy atom. The van der Waals surface area contributed by atoms with Crippen LogP contribution in [0.3, 0.4) is 0 Å². The van der Waals surface area contributed by atoms with Gasteiger partial charge in [-0.1, -0.05) is 22.3 Å². The Kier molecular flexibility index (Phi) is 6.46. The van der Waals surface area contributed by atoms with Gasteiger partial charge < -0.3 is 4.90 Å². The van der Waals surface area contributed by atoms with Crippen molar-refractivity contribution in [3.8, 4) is 11.9 Å². The number of halogens is 1. The van der Waals surface area contributed by atoms with E-state index >= 15 is 0 Å². The third-order valence-electron chi connectivity index (χ3n) is 3.28. The molecular weight excluding hydrogens is 348 g/mol. The number of aromatic nitrogens is 3. The second-order valence-electron chi connectivity index (χ2n) is 4.84. The van der Waals surface area contributed by atoms with Crippen molar-refractivity contribution in [2.24, 2.45) is 4.36 Å². The highest BCUT2D eigenvalue weighted by molar-refractivity contribution is 7.86.